The number of hydrogen-bond donors (Lipinski definition) is 2. The first-order chi connectivity index (χ1) is 25.3. The fourth-order valence-corrected chi connectivity index (χ4v) is 7.42. The van der Waals surface area contributed by atoms with E-state index < -0.39 is 34.9 Å². The van der Waals surface area contributed by atoms with Crippen LogP contribution in [0.4, 0.5) is 29.2 Å². The van der Waals surface area contributed by atoms with Crippen molar-refractivity contribution in [2.45, 2.75) is 79.6 Å². The number of rotatable bonds is 6. The number of halogens is 5. The highest BCUT2D eigenvalue weighted by atomic mass is 35.5. The molecule has 3 unspecified atom stereocenters. The van der Waals surface area contributed by atoms with Gasteiger partial charge in [0.1, 0.15) is 34.8 Å². The number of H-pyrrole nitrogens is 1. The maximum atomic E-state index is 16.5. The zero-order valence-electron chi connectivity index (χ0n) is 31.2. The molecule has 0 aliphatic carbocycles. The van der Waals surface area contributed by atoms with Crippen LogP contribution in [-0.2, 0) is 6.18 Å². The van der Waals surface area contributed by atoms with Crippen LogP contribution in [0.2, 0.25) is 5.02 Å². The van der Waals surface area contributed by atoms with Crippen LogP contribution >= 0.6 is 11.6 Å². The molecule has 2 aliphatic heterocycles. The number of nitrogens with two attached hydrogens (primary N) is 1. The van der Waals surface area contributed by atoms with E-state index in [9.17, 15) is 13.2 Å². The highest BCUT2D eigenvalue weighted by Crippen LogP contribution is 2.47. The molecule has 0 amide bonds. The molecule has 53 heavy (non-hydrogen) atoms. The number of aromatic amines is 1. The number of benzene rings is 1. The first-order valence-electron chi connectivity index (χ1n) is 17.8. The molecule has 6 heterocycles. The van der Waals surface area contributed by atoms with Crippen LogP contribution in [-0.4, -0.2) is 74.4 Å². The van der Waals surface area contributed by atoms with E-state index in [1.165, 1.54) is 58.4 Å². The molecule has 7 rings (SSSR count). The second-order valence-electron chi connectivity index (χ2n) is 12.9. The molecule has 0 bridgehead atoms. The second-order valence-corrected chi connectivity index (χ2v) is 13.4. The number of aromatic nitrogens is 6. The molecule has 0 radical (unpaired) electrons. The molecule has 11 nitrogen and oxygen atoms in total. The predicted molar refractivity (Wildman–Crippen MR) is 200 cm³/mol. The monoisotopic (exact) mass is 759 g/mol. The van der Waals surface area contributed by atoms with E-state index in [1.807, 2.05) is 20.8 Å². The number of aryl methyl sites for hydroxylation is 1. The Labute approximate surface area is 311 Å². The molecule has 5 aromatic rings. The van der Waals surface area contributed by atoms with E-state index in [0.717, 1.165) is 12.0 Å². The summed E-state index contributed by atoms with van der Waals surface area (Å²) in [4.78, 5) is 21.5. The van der Waals surface area contributed by atoms with E-state index in [0.29, 0.717) is 10.6 Å². The Morgan fingerprint density at radius 3 is 2.53 bits per heavy atom. The third kappa shape index (κ3) is 7.77. The fourth-order valence-electron chi connectivity index (χ4n) is 7.25. The molecule has 0 spiro atoms. The lowest BCUT2D eigenvalue weighted by Gasteiger charge is -2.30. The predicted octanol–water partition coefficient (Wildman–Crippen LogP) is 8.79. The van der Waals surface area contributed by atoms with E-state index >= 15 is 4.39 Å². The third-order valence-electron chi connectivity index (χ3n) is 9.65. The van der Waals surface area contributed by atoms with Gasteiger partial charge in [0.05, 0.1) is 42.0 Å². The van der Waals surface area contributed by atoms with Crippen LogP contribution in [0.5, 0.6) is 11.9 Å². The van der Waals surface area contributed by atoms with Gasteiger partial charge in [0.25, 0.3) is 0 Å². The fraction of sp³-hybridized carbons (Fsp3) is 0.486. The van der Waals surface area contributed by atoms with Gasteiger partial charge >= 0.3 is 12.2 Å². The number of ether oxygens (including phenoxy) is 2. The zero-order chi connectivity index (χ0) is 38.8. The normalized spacial score (nSPS) is 17.8. The van der Waals surface area contributed by atoms with Crippen molar-refractivity contribution in [2.75, 3.05) is 44.0 Å². The smallest absolute Gasteiger partial charge is 0.417 e. The molecular formula is C37H46ClF4N9O2. The number of hydrogen-bond acceptors (Lipinski definition) is 10. The van der Waals surface area contributed by atoms with E-state index in [2.05, 4.69) is 55.8 Å². The van der Waals surface area contributed by atoms with Crippen LogP contribution in [0.3, 0.4) is 0 Å². The topological polar surface area (TPSA) is 131 Å². The van der Waals surface area contributed by atoms with Crippen molar-refractivity contribution in [3.8, 4) is 23.1 Å². The third-order valence-corrected chi connectivity index (χ3v) is 9.86. The van der Waals surface area contributed by atoms with Gasteiger partial charge in [0.15, 0.2) is 5.82 Å². The minimum atomic E-state index is -4.82. The first kappa shape index (κ1) is 39.7. The van der Waals surface area contributed by atoms with Gasteiger partial charge in [-0.1, -0.05) is 46.2 Å². The van der Waals surface area contributed by atoms with Gasteiger partial charge in [-0.2, -0.15) is 28.2 Å². The molecular weight excluding hydrogens is 714 g/mol. The number of likely N-dealkylation sites (tertiary alicyclic amines) is 1. The Morgan fingerprint density at radius 2 is 1.89 bits per heavy atom. The molecule has 286 valence electrons. The minimum Gasteiger partial charge on any atom is -0.475 e. The highest BCUT2D eigenvalue weighted by molar-refractivity contribution is 6.30. The van der Waals surface area contributed by atoms with Gasteiger partial charge in [0, 0.05) is 35.3 Å². The summed E-state index contributed by atoms with van der Waals surface area (Å²) in [6.07, 6.45) is 0.539. The molecule has 1 fully saturated rings. The maximum Gasteiger partial charge on any atom is 0.417 e. The summed E-state index contributed by atoms with van der Waals surface area (Å²) < 4.78 is 70.9. The lowest BCUT2D eigenvalue weighted by atomic mass is 9.94. The number of fused-ring (bicyclic) bond motifs is 1. The highest BCUT2D eigenvalue weighted by Gasteiger charge is 2.39. The molecule has 1 saturated heterocycles. The quantitative estimate of drug-likeness (QED) is 0.162. The van der Waals surface area contributed by atoms with E-state index in [4.69, 9.17) is 26.8 Å². The lowest BCUT2D eigenvalue weighted by Crippen LogP contribution is -2.31. The average Bonchev–Trinajstić information content (AvgIpc) is 3.71. The van der Waals surface area contributed by atoms with Crippen molar-refractivity contribution in [2.24, 2.45) is 5.92 Å². The van der Waals surface area contributed by atoms with Gasteiger partial charge in [-0.3, -0.25) is 5.10 Å². The SMILES string of the molecule is CC.CCC1CC(C)CN1CC.COc1nc2c3c(nc(-c4c(C(F)(F)F)c(C)cc5[nH]ncc45)c(F)c3n1)OCCN2C(C)c1cc(Cl)cnc1N. The number of nitrogens with one attached hydrogen (secondary N) is 1. The molecule has 0 saturated carbocycles. The number of alkyl halides is 3. The van der Waals surface area contributed by atoms with Crippen molar-refractivity contribution < 1.29 is 27.0 Å². The van der Waals surface area contributed by atoms with Crippen molar-refractivity contribution in [3.05, 3.63) is 52.1 Å². The Kier molecular flexibility index (Phi) is 12.2. The number of pyridine rings is 2. The molecule has 2 aliphatic rings. The summed E-state index contributed by atoms with van der Waals surface area (Å²) in [6, 6.07) is 3.16. The van der Waals surface area contributed by atoms with Gasteiger partial charge in [0.2, 0.25) is 5.88 Å². The van der Waals surface area contributed by atoms with Crippen molar-refractivity contribution in [1.82, 2.24) is 35.0 Å². The second kappa shape index (κ2) is 16.3. The maximum absolute atomic E-state index is 16.5. The molecule has 3 N–H and O–H groups in total. The minimum absolute atomic E-state index is 0.0329. The van der Waals surface area contributed by atoms with Crippen molar-refractivity contribution in [1.29, 1.82) is 0 Å². The molecule has 16 heteroatoms. The molecule has 1 aromatic carbocycles. The van der Waals surface area contributed by atoms with E-state index in [-0.39, 0.29) is 64.0 Å². The summed E-state index contributed by atoms with van der Waals surface area (Å²) in [6.45, 7) is 16.9. The van der Waals surface area contributed by atoms with Gasteiger partial charge in [-0.25, -0.2) is 14.4 Å². The summed E-state index contributed by atoms with van der Waals surface area (Å²) in [5.74, 6) is 0.119. The summed E-state index contributed by atoms with van der Waals surface area (Å²) in [7, 11) is 1.30. The standard InChI is InChI=1S/C26H21ClF4N8O2.C9H19N.C2H6/c1-10-6-15-14(9-34-38-15)16(18(10)26(29,30)31)20-19(28)21-17-23(37-25(36-21)40-3)39(4-5-41-24(17)35-20)11(2)13-7-12(27)8-33-22(13)32;1-4-9-6-8(3)7-10(9)5-2;1-2/h6-9,11H,4-5H2,1-3H3,(H2,32,33)(H,34,38);8-9H,4-7H2,1-3H3;1-2H3. The van der Waals surface area contributed by atoms with E-state index in [1.54, 1.807) is 11.0 Å². The van der Waals surface area contributed by atoms with Crippen LogP contribution in [0.15, 0.2) is 24.5 Å². The Bertz CT molecular complexity index is 2060. The van der Waals surface area contributed by atoms with Gasteiger partial charge in [-0.15, -0.1) is 0 Å². The number of nitrogen functional groups attached to an aromatic ring is 1. The van der Waals surface area contributed by atoms with Gasteiger partial charge < -0.3 is 25.0 Å². The Morgan fingerprint density at radius 1 is 1.15 bits per heavy atom. The summed E-state index contributed by atoms with van der Waals surface area (Å²) >= 11 is 6.17. The Balaban J connectivity index is 0.000000388. The van der Waals surface area contributed by atoms with Gasteiger partial charge in [-0.05, 0) is 56.8 Å². The van der Waals surface area contributed by atoms with Crippen molar-refractivity contribution in [3.63, 3.8) is 0 Å². The first-order valence-corrected chi connectivity index (χ1v) is 18.2. The lowest BCUT2D eigenvalue weighted by molar-refractivity contribution is -0.137. The van der Waals surface area contributed by atoms with Crippen LogP contribution < -0.4 is 20.1 Å². The average molecular weight is 760 g/mol. The van der Waals surface area contributed by atoms with Crippen LogP contribution in [0.25, 0.3) is 33.1 Å². The van der Waals surface area contributed by atoms with Crippen LogP contribution in [0.1, 0.15) is 77.1 Å². The number of anilines is 2. The van der Waals surface area contributed by atoms with Crippen molar-refractivity contribution >= 4 is 45.0 Å². The number of nitrogens with zero attached hydrogens (tertiary/aromatic N) is 7. The number of methoxy groups -OCH3 is 1. The molecule has 4 aromatic heterocycles. The molecule has 3 atom stereocenters. The largest absolute Gasteiger partial charge is 0.475 e. The summed E-state index contributed by atoms with van der Waals surface area (Å²) in [5.41, 5.74) is 4.42. The summed E-state index contributed by atoms with van der Waals surface area (Å²) in [5, 5.41) is 6.99. The zero-order valence-corrected chi connectivity index (χ0v) is 32.0. The Hall–Kier alpha value is -4.50. The van der Waals surface area contributed by atoms with Crippen LogP contribution in [0, 0.1) is 18.7 Å².